The molecule has 4 N–H and O–H groups in total. The summed E-state index contributed by atoms with van der Waals surface area (Å²) < 4.78 is 14.9. The maximum absolute atomic E-state index is 14.9. The van der Waals surface area contributed by atoms with Gasteiger partial charge in [0.25, 0.3) is 0 Å². The van der Waals surface area contributed by atoms with Crippen molar-refractivity contribution in [1.29, 1.82) is 0 Å². The van der Waals surface area contributed by atoms with E-state index in [1.165, 1.54) is 6.08 Å². The Labute approximate surface area is 150 Å². The van der Waals surface area contributed by atoms with Crippen LogP contribution in [0.15, 0.2) is 17.7 Å². The number of phenolic OH excluding ortho intramolecular Hbond substituents is 1. The van der Waals surface area contributed by atoms with Crippen LogP contribution in [0.3, 0.4) is 0 Å². The lowest BCUT2D eigenvalue weighted by Crippen LogP contribution is -2.49. The summed E-state index contributed by atoms with van der Waals surface area (Å²) in [6.07, 6.45) is 3.34. The Morgan fingerprint density at radius 3 is 2.77 bits per heavy atom. The van der Waals surface area contributed by atoms with Gasteiger partial charge in [-0.15, -0.1) is 0 Å². The van der Waals surface area contributed by atoms with Crippen molar-refractivity contribution in [3.8, 4) is 5.75 Å². The van der Waals surface area contributed by atoms with E-state index in [1.807, 2.05) is 6.92 Å². The molecule has 138 valence electrons. The fourth-order valence-electron chi connectivity index (χ4n) is 4.09. The molecule has 2 atom stereocenters. The van der Waals surface area contributed by atoms with Crippen LogP contribution in [0.4, 0.5) is 10.1 Å². The highest BCUT2D eigenvalue weighted by molar-refractivity contribution is 6.25. The summed E-state index contributed by atoms with van der Waals surface area (Å²) in [6, 6.07) is 1.29. The van der Waals surface area contributed by atoms with Gasteiger partial charge in [0.15, 0.2) is 11.4 Å². The van der Waals surface area contributed by atoms with Gasteiger partial charge in [-0.2, -0.15) is 0 Å². The van der Waals surface area contributed by atoms with Crippen LogP contribution >= 0.6 is 0 Å². The number of carbonyl (C=O) groups excluding carboxylic acids is 2. The van der Waals surface area contributed by atoms with Gasteiger partial charge in [0.1, 0.15) is 11.4 Å². The minimum absolute atomic E-state index is 0.0157. The van der Waals surface area contributed by atoms with Gasteiger partial charge in [0, 0.05) is 47.5 Å². The normalized spacial score (nSPS) is 25.7. The summed E-state index contributed by atoms with van der Waals surface area (Å²) in [7, 11) is 0. The number of halogens is 1. The van der Waals surface area contributed by atoms with E-state index in [1.54, 1.807) is 4.90 Å². The third-order valence-electron chi connectivity index (χ3n) is 5.50. The minimum Gasteiger partial charge on any atom is -0.561 e. The second-order valence-corrected chi connectivity index (χ2v) is 7.42. The van der Waals surface area contributed by atoms with Crippen molar-refractivity contribution in [1.82, 2.24) is 5.32 Å². The molecule has 7 heteroatoms. The van der Waals surface area contributed by atoms with Gasteiger partial charge in [0.2, 0.25) is 5.78 Å². The summed E-state index contributed by atoms with van der Waals surface area (Å²) in [6.45, 7) is 3.78. The highest BCUT2D eigenvalue weighted by atomic mass is 19.1. The fraction of sp³-hybridized carbons (Fsp3) is 0.474. The van der Waals surface area contributed by atoms with Gasteiger partial charge in [0.05, 0.1) is 0 Å². The lowest BCUT2D eigenvalue weighted by molar-refractivity contribution is -0.132. The SMILES string of the molecule is CC1CN(c2c(F)cc3c(c2O)C(C2CC2)C=C(C(=O)[OH2+])C3=O)CCN1. The van der Waals surface area contributed by atoms with E-state index in [2.05, 4.69) is 5.32 Å². The van der Waals surface area contributed by atoms with Gasteiger partial charge in [-0.25, -0.2) is 4.39 Å². The number of hydrogen-bond donors (Lipinski definition) is 2. The topological polar surface area (TPSA) is 92.5 Å². The number of hydrogen-bond acceptors (Lipinski definition) is 5. The molecule has 1 saturated carbocycles. The average Bonchev–Trinajstić information content (AvgIpc) is 3.40. The van der Waals surface area contributed by atoms with Gasteiger partial charge < -0.3 is 20.4 Å². The number of phenols is 1. The number of allylic oxidation sites excluding steroid dienone is 1. The van der Waals surface area contributed by atoms with Crippen molar-refractivity contribution in [3.63, 3.8) is 0 Å². The molecule has 6 nitrogen and oxygen atoms in total. The summed E-state index contributed by atoms with van der Waals surface area (Å²) in [4.78, 5) is 25.9. The Morgan fingerprint density at radius 2 is 2.15 bits per heavy atom. The first kappa shape index (κ1) is 17.0. The number of fused-ring (bicyclic) bond motifs is 1. The van der Waals surface area contributed by atoms with Crippen molar-refractivity contribution < 1.29 is 24.2 Å². The Kier molecular flexibility index (Phi) is 3.99. The zero-order valence-electron chi connectivity index (χ0n) is 14.5. The first-order valence-electron chi connectivity index (χ1n) is 8.94. The average molecular weight is 361 g/mol. The highest BCUT2D eigenvalue weighted by Crippen LogP contribution is 2.52. The molecule has 0 amide bonds. The Hall–Kier alpha value is -2.41. The van der Waals surface area contributed by atoms with E-state index >= 15 is 0 Å². The van der Waals surface area contributed by atoms with Crippen LogP contribution in [-0.4, -0.2) is 47.6 Å². The van der Waals surface area contributed by atoms with Gasteiger partial charge in [-0.05, 0) is 31.7 Å². The summed E-state index contributed by atoms with van der Waals surface area (Å²) in [5.41, 5.74) is 0.327. The number of carbonyl (C=O) groups is 2. The fourth-order valence-corrected chi connectivity index (χ4v) is 4.09. The number of piperazine rings is 1. The molecule has 1 aromatic rings. The van der Waals surface area contributed by atoms with E-state index < -0.39 is 17.6 Å². The number of nitrogens with zero attached hydrogens (tertiary/aromatic N) is 1. The van der Waals surface area contributed by atoms with E-state index in [0.29, 0.717) is 25.2 Å². The monoisotopic (exact) mass is 361 g/mol. The summed E-state index contributed by atoms with van der Waals surface area (Å²) in [5, 5.41) is 21.5. The maximum atomic E-state index is 14.9. The second-order valence-electron chi connectivity index (χ2n) is 7.42. The van der Waals surface area contributed by atoms with Crippen molar-refractivity contribution in [2.75, 3.05) is 24.5 Å². The Morgan fingerprint density at radius 1 is 1.42 bits per heavy atom. The quantitative estimate of drug-likeness (QED) is 0.623. The summed E-state index contributed by atoms with van der Waals surface area (Å²) in [5.74, 6) is -2.73. The van der Waals surface area contributed by atoms with Crippen LogP contribution in [0, 0.1) is 11.7 Å². The zero-order chi connectivity index (χ0) is 18.6. The smallest absolute Gasteiger partial charge is 0.552 e. The lowest BCUT2D eigenvalue weighted by Gasteiger charge is -2.35. The predicted octanol–water partition coefficient (Wildman–Crippen LogP) is 1.20. The van der Waals surface area contributed by atoms with Crippen molar-refractivity contribution in [2.24, 2.45) is 5.92 Å². The van der Waals surface area contributed by atoms with E-state index in [0.717, 1.165) is 18.9 Å². The number of Topliss-reactive ketones (excluding diaryl/α,β-unsaturated/α-hetero) is 1. The van der Waals surface area contributed by atoms with Crippen molar-refractivity contribution >= 4 is 17.4 Å². The van der Waals surface area contributed by atoms with Crippen LogP contribution in [-0.2, 0) is 4.79 Å². The first-order valence-corrected chi connectivity index (χ1v) is 8.94. The molecule has 1 aliphatic heterocycles. The molecule has 0 aromatic heterocycles. The lowest BCUT2D eigenvalue weighted by atomic mass is 9.79. The number of nitrogens with one attached hydrogen (secondary N) is 1. The summed E-state index contributed by atoms with van der Waals surface area (Å²) >= 11 is 0. The van der Waals surface area contributed by atoms with Gasteiger partial charge in [-0.3, -0.25) is 4.79 Å². The van der Waals surface area contributed by atoms with Crippen LogP contribution in [0.1, 0.15) is 41.6 Å². The molecule has 0 bridgehead atoms. The zero-order valence-corrected chi connectivity index (χ0v) is 14.5. The molecule has 2 fully saturated rings. The van der Waals surface area contributed by atoms with Crippen LogP contribution in [0.2, 0.25) is 0 Å². The number of anilines is 1. The van der Waals surface area contributed by atoms with E-state index in [-0.39, 0.29) is 40.5 Å². The minimum atomic E-state index is -1.06. The van der Waals surface area contributed by atoms with Crippen LogP contribution in [0.25, 0.3) is 0 Å². The molecule has 26 heavy (non-hydrogen) atoms. The van der Waals surface area contributed by atoms with E-state index in [9.17, 15) is 19.1 Å². The number of rotatable bonds is 3. The molecule has 2 aliphatic carbocycles. The molecular formula is C19H22FN2O4+. The third-order valence-corrected chi connectivity index (χ3v) is 5.50. The molecule has 1 heterocycles. The predicted molar refractivity (Wildman–Crippen MR) is 94.2 cm³/mol. The highest BCUT2D eigenvalue weighted by Gasteiger charge is 2.43. The standard InChI is InChI=1S/C19H21FN2O4/c1-9-8-22(5-4-21-9)16-14(20)7-12-15(18(16)24)11(10-2-3-10)6-13(17(12)23)19(25)26/h6-7,9-11,21,24H,2-5,8H2,1H3,(H,25,26)/p+1. The van der Waals surface area contributed by atoms with Crippen LogP contribution < -0.4 is 10.2 Å². The number of aromatic hydroxyl groups is 1. The molecule has 0 radical (unpaired) electrons. The molecule has 0 spiro atoms. The second kappa shape index (κ2) is 6.09. The first-order chi connectivity index (χ1) is 12.4. The molecule has 1 saturated heterocycles. The Balaban J connectivity index is 1.86. The van der Waals surface area contributed by atoms with Crippen molar-refractivity contribution in [2.45, 2.75) is 31.7 Å². The van der Waals surface area contributed by atoms with Crippen LogP contribution in [0.5, 0.6) is 5.75 Å². The third kappa shape index (κ3) is 2.67. The van der Waals surface area contributed by atoms with Gasteiger partial charge in [-0.1, -0.05) is 6.08 Å². The molecular weight excluding hydrogens is 339 g/mol. The maximum Gasteiger partial charge on any atom is 0.552 e. The van der Waals surface area contributed by atoms with Gasteiger partial charge >= 0.3 is 5.97 Å². The molecule has 1 aromatic carbocycles. The largest absolute Gasteiger partial charge is 0.561 e. The number of ketones is 1. The molecule has 3 aliphatic rings. The van der Waals surface area contributed by atoms with E-state index in [4.69, 9.17) is 5.11 Å². The Bertz CT molecular complexity index is 831. The van der Waals surface area contributed by atoms with Crippen molar-refractivity contribution in [3.05, 3.63) is 34.7 Å². The molecule has 4 rings (SSSR count). The number of benzene rings is 1. The molecule has 2 unspecified atom stereocenters.